The highest BCUT2D eigenvalue weighted by molar-refractivity contribution is 7.90. The van der Waals surface area contributed by atoms with Crippen LogP contribution in [0.4, 0.5) is 38.1 Å². The number of nitrogens with zero attached hydrogens (tertiary/aromatic N) is 1. The Morgan fingerprint density at radius 3 is 2.16 bits per heavy atom. The number of carbonyl (C=O) groups excluding carboxylic acids is 1. The Morgan fingerprint density at radius 2 is 1.56 bits per heavy atom. The number of amides is 2. The van der Waals surface area contributed by atoms with Crippen LogP contribution in [0.15, 0.2) is 48.7 Å². The van der Waals surface area contributed by atoms with Crippen LogP contribution in [0.1, 0.15) is 5.01 Å². The number of rotatable bonds is 6. The zero-order chi connectivity index (χ0) is 23.5. The molecule has 0 fully saturated rings. The van der Waals surface area contributed by atoms with Crippen LogP contribution in [0.5, 0.6) is 0 Å². The number of nitrogens with one attached hydrogen (secondary N) is 3. The lowest BCUT2D eigenvalue weighted by Crippen LogP contribution is -2.35. The maximum absolute atomic E-state index is 13.2. The van der Waals surface area contributed by atoms with Crippen molar-refractivity contribution in [2.45, 2.75) is 12.1 Å². The second kappa shape index (κ2) is 9.18. The molecule has 32 heavy (non-hydrogen) atoms. The predicted octanol–water partition coefficient (Wildman–Crippen LogP) is 4.67. The summed E-state index contributed by atoms with van der Waals surface area (Å²) in [6, 6.07) is 8.05. The van der Waals surface area contributed by atoms with Gasteiger partial charge in [-0.25, -0.2) is 31.7 Å². The summed E-state index contributed by atoms with van der Waals surface area (Å²) in [6.07, 6.45) is 1.37. The van der Waals surface area contributed by atoms with E-state index < -0.39 is 39.7 Å². The zero-order valence-electron chi connectivity index (χ0n) is 15.7. The van der Waals surface area contributed by atoms with Crippen LogP contribution in [-0.2, 0) is 16.6 Å². The van der Waals surface area contributed by atoms with Crippen molar-refractivity contribution in [3.8, 4) is 10.4 Å². The molecule has 2 aromatic carbocycles. The Kier molecular flexibility index (Phi) is 6.76. The van der Waals surface area contributed by atoms with Crippen LogP contribution in [0.3, 0.4) is 0 Å². The topological polar surface area (TPSA) is 100 Å². The molecule has 3 aromatic rings. The van der Waals surface area contributed by atoms with E-state index in [1.165, 1.54) is 23.1 Å². The third kappa shape index (κ3) is 5.99. The maximum Gasteiger partial charge on any atom is 0.511 e. The van der Waals surface area contributed by atoms with E-state index in [9.17, 15) is 35.2 Å². The summed E-state index contributed by atoms with van der Waals surface area (Å²) in [7, 11) is -5.47. The monoisotopic (exact) mass is 492 g/mol. The Hall–Kier alpha value is -3.10. The Bertz CT molecular complexity index is 1210. The molecule has 1 heterocycles. The Morgan fingerprint density at radius 1 is 0.969 bits per heavy atom. The fourth-order valence-electron chi connectivity index (χ4n) is 2.40. The molecule has 2 amide bonds. The van der Waals surface area contributed by atoms with Gasteiger partial charge in [-0.1, -0.05) is 12.1 Å². The van der Waals surface area contributed by atoms with Gasteiger partial charge >= 0.3 is 21.6 Å². The average Bonchev–Trinajstić information content (AvgIpc) is 3.14. The molecule has 0 aliphatic rings. The first-order chi connectivity index (χ1) is 14.9. The summed E-state index contributed by atoms with van der Waals surface area (Å²) in [5.74, 6) is -1.69. The quantitative estimate of drug-likeness (QED) is 0.436. The van der Waals surface area contributed by atoms with E-state index in [1.54, 1.807) is 12.1 Å². The summed E-state index contributed by atoms with van der Waals surface area (Å²) in [4.78, 5) is 16.4. The van der Waals surface area contributed by atoms with Gasteiger partial charge in [-0.3, -0.25) is 0 Å². The normalized spacial score (nSPS) is 11.9. The van der Waals surface area contributed by atoms with E-state index in [1.807, 2.05) is 0 Å². The predicted molar refractivity (Wildman–Crippen MR) is 108 cm³/mol. The molecule has 0 unspecified atom stereocenters. The molecule has 0 radical (unpaired) electrons. The lowest BCUT2D eigenvalue weighted by atomic mass is 10.2. The molecule has 170 valence electrons. The largest absolute Gasteiger partial charge is 0.511 e. The second-order valence-electron chi connectivity index (χ2n) is 6.20. The molecule has 0 saturated heterocycles. The highest BCUT2D eigenvalue weighted by atomic mass is 32.2. The average molecular weight is 492 g/mol. The first-order valence-corrected chi connectivity index (χ1v) is 10.9. The lowest BCUT2D eigenvalue weighted by molar-refractivity contribution is -0.0448. The number of aromatic nitrogens is 1. The summed E-state index contributed by atoms with van der Waals surface area (Å²) in [5.41, 5.74) is -4.52. The molecule has 0 saturated carbocycles. The molecule has 7 nitrogen and oxygen atoms in total. The summed E-state index contributed by atoms with van der Waals surface area (Å²) in [5, 5.41) is 4.88. The van der Waals surface area contributed by atoms with Crippen molar-refractivity contribution in [2.24, 2.45) is 0 Å². The highest BCUT2D eigenvalue weighted by Crippen LogP contribution is 2.28. The zero-order valence-corrected chi connectivity index (χ0v) is 17.3. The fraction of sp³-hybridized carbons (Fsp3) is 0.111. The van der Waals surface area contributed by atoms with E-state index in [0.717, 1.165) is 23.5 Å². The number of hydrogen-bond acceptors (Lipinski definition) is 5. The van der Waals surface area contributed by atoms with Crippen LogP contribution in [0.25, 0.3) is 10.4 Å². The lowest BCUT2D eigenvalue weighted by Gasteiger charge is -2.08. The molecule has 14 heteroatoms. The minimum absolute atomic E-state index is 0.0741. The van der Waals surface area contributed by atoms with Crippen molar-refractivity contribution < 1.29 is 35.2 Å². The number of thiazole rings is 1. The van der Waals surface area contributed by atoms with E-state index >= 15 is 0 Å². The molecule has 1 aromatic heterocycles. The second-order valence-corrected chi connectivity index (χ2v) is 9.08. The molecular formula is C18H13F5N4O3S2. The Labute approximate surface area is 182 Å². The third-order valence-corrected chi connectivity index (χ3v) is 6.00. The van der Waals surface area contributed by atoms with Crippen LogP contribution < -0.4 is 15.4 Å². The van der Waals surface area contributed by atoms with Crippen LogP contribution >= 0.6 is 11.3 Å². The van der Waals surface area contributed by atoms with Gasteiger partial charge in [0, 0.05) is 23.6 Å². The smallest absolute Gasteiger partial charge is 0.308 e. The molecule has 0 spiro atoms. The third-order valence-electron chi connectivity index (χ3n) is 3.82. The fourth-order valence-corrected chi connectivity index (χ4v) is 3.85. The maximum atomic E-state index is 13.2. The molecule has 0 aliphatic heterocycles. The van der Waals surface area contributed by atoms with Crippen molar-refractivity contribution >= 4 is 38.8 Å². The molecule has 3 N–H and O–H groups in total. The van der Waals surface area contributed by atoms with Gasteiger partial charge in [0.1, 0.15) is 16.6 Å². The van der Waals surface area contributed by atoms with Crippen LogP contribution in [-0.4, -0.2) is 24.9 Å². The number of carbonyl (C=O) groups is 1. The van der Waals surface area contributed by atoms with Crippen molar-refractivity contribution in [1.82, 2.24) is 9.71 Å². The van der Waals surface area contributed by atoms with E-state index in [2.05, 4.69) is 15.6 Å². The first kappa shape index (κ1) is 23.6. The van der Waals surface area contributed by atoms with E-state index in [-0.39, 0.29) is 10.7 Å². The molecule has 0 atom stereocenters. The summed E-state index contributed by atoms with van der Waals surface area (Å²) >= 11 is 0.985. The van der Waals surface area contributed by atoms with Gasteiger partial charge in [0.05, 0.1) is 11.4 Å². The summed E-state index contributed by atoms with van der Waals surface area (Å²) in [6.45, 7) is -0.618. The summed E-state index contributed by atoms with van der Waals surface area (Å²) < 4.78 is 86.9. The van der Waals surface area contributed by atoms with Gasteiger partial charge < -0.3 is 10.6 Å². The number of benzene rings is 2. The number of anilines is 2. The Balaban J connectivity index is 1.60. The van der Waals surface area contributed by atoms with Gasteiger partial charge in [0.15, 0.2) is 0 Å². The standard InChI is InChI=1S/C18H13F5N4O3S2/c19-11-5-12(20)7-14(6-11)27-17(28)26-13-3-1-10(2-4-13)15-8-24-16(31-15)9-25-32(29,30)18(21,22)23/h1-8,25H,9H2,(H2,26,27,28). The van der Waals surface area contributed by atoms with Crippen molar-refractivity contribution in [3.63, 3.8) is 0 Å². The van der Waals surface area contributed by atoms with Gasteiger partial charge in [-0.15, -0.1) is 11.3 Å². The van der Waals surface area contributed by atoms with Crippen LogP contribution in [0.2, 0.25) is 0 Å². The van der Waals surface area contributed by atoms with Gasteiger partial charge in [0.25, 0.3) is 0 Å². The molecule has 0 aliphatic carbocycles. The van der Waals surface area contributed by atoms with Gasteiger partial charge in [0.2, 0.25) is 0 Å². The minimum atomic E-state index is -5.47. The minimum Gasteiger partial charge on any atom is -0.308 e. The van der Waals surface area contributed by atoms with Gasteiger partial charge in [-0.2, -0.15) is 13.2 Å². The van der Waals surface area contributed by atoms with Crippen molar-refractivity contribution in [2.75, 3.05) is 10.6 Å². The molecule has 3 rings (SSSR count). The molecule has 0 bridgehead atoms. The van der Waals surface area contributed by atoms with E-state index in [4.69, 9.17) is 0 Å². The van der Waals surface area contributed by atoms with E-state index in [0.29, 0.717) is 22.2 Å². The number of alkyl halides is 3. The van der Waals surface area contributed by atoms with Crippen LogP contribution in [0, 0.1) is 11.6 Å². The van der Waals surface area contributed by atoms with Crippen molar-refractivity contribution in [1.29, 1.82) is 0 Å². The molecular weight excluding hydrogens is 479 g/mol. The highest BCUT2D eigenvalue weighted by Gasteiger charge is 2.45. The SMILES string of the molecule is O=C(Nc1ccc(-c2cnc(CNS(=O)(=O)C(F)(F)F)s2)cc1)Nc1cc(F)cc(F)c1. The number of urea groups is 1. The number of sulfonamides is 1. The number of hydrogen-bond donors (Lipinski definition) is 3. The van der Waals surface area contributed by atoms with Gasteiger partial charge in [-0.05, 0) is 29.8 Å². The number of halogens is 5. The van der Waals surface area contributed by atoms with Crippen molar-refractivity contribution in [3.05, 3.63) is 65.3 Å². The first-order valence-electron chi connectivity index (χ1n) is 8.58.